The molecule has 9 heteroatoms. The second-order valence-electron chi connectivity index (χ2n) is 7.06. The Labute approximate surface area is 179 Å². The van der Waals surface area contributed by atoms with Crippen molar-refractivity contribution < 1.29 is 9.47 Å². The molecule has 0 amide bonds. The number of hydrogen-bond acceptors (Lipinski definition) is 8. The van der Waals surface area contributed by atoms with Crippen LogP contribution in [0.5, 0.6) is 5.75 Å². The number of hydrogen-bond donors (Lipinski definition) is 1. The van der Waals surface area contributed by atoms with Gasteiger partial charge in [-0.15, -0.1) is 0 Å². The first kappa shape index (κ1) is 20.5. The number of nitriles is 1. The third-order valence-electron chi connectivity index (χ3n) is 5.22. The van der Waals surface area contributed by atoms with E-state index >= 15 is 0 Å². The number of nitrogens with two attached hydrogens (primary N) is 1. The number of benzene rings is 1. The Balaban J connectivity index is 1.41. The molecule has 0 radical (unpaired) electrons. The van der Waals surface area contributed by atoms with Gasteiger partial charge in [-0.05, 0) is 49.1 Å². The molecule has 1 aliphatic rings. The number of fused-ring (bicyclic) bond motifs is 1. The maximum Gasteiger partial charge on any atom is 0.147 e. The minimum absolute atomic E-state index is 0.0586. The van der Waals surface area contributed by atoms with Gasteiger partial charge in [0.2, 0.25) is 0 Å². The standard InChI is InChI=1S/C21H24N6O2S/c1-3-26(30-16-5-6-18(28-2)14(10-16)11-22)12-15-4-7-19(29-15)27-9-8-17-20(23)24-13-25-21(17)27/h5-6,8-10,13,15,19H,3-4,7,12H2,1-2H3,(H2,23,24,25). The molecular weight excluding hydrogens is 400 g/mol. The summed E-state index contributed by atoms with van der Waals surface area (Å²) in [5.74, 6) is 1.08. The second-order valence-corrected chi connectivity index (χ2v) is 8.23. The van der Waals surface area contributed by atoms with Crippen molar-refractivity contribution in [1.29, 1.82) is 5.26 Å². The summed E-state index contributed by atoms with van der Waals surface area (Å²) < 4.78 is 15.9. The highest BCUT2D eigenvalue weighted by Gasteiger charge is 2.29. The number of nitrogen functional groups attached to an aromatic ring is 1. The highest BCUT2D eigenvalue weighted by molar-refractivity contribution is 7.97. The highest BCUT2D eigenvalue weighted by atomic mass is 32.2. The predicted octanol–water partition coefficient (Wildman–Crippen LogP) is 3.60. The molecule has 1 aromatic carbocycles. The molecule has 2 aromatic heterocycles. The Morgan fingerprint density at radius 2 is 2.23 bits per heavy atom. The van der Waals surface area contributed by atoms with Crippen molar-refractivity contribution in [2.45, 2.75) is 37.0 Å². The third-order valence-corrected chi connectivity index (χ3v) is 6.35. The van der Waals surface area contributed by atoms with Crippen molar-refractivity contribution in [3.63, 3.8) is 0 Å². The minimum atomic E-state index is -0.0586. The lowest BCUT2D eigenvalue weighted by Crippen LogP contribution is -2.27. The van der Waals surface area contributed by atoms with Gasteiger partial charge in [0.1, 0.15) is 35.8 Å². The average Bonchev–Trinajstić information content (AvgIpc) is 3.40. The van der Waals surface area contributed by atoms with Crippen LogP contribution < -0.4 is 10.5 Å². The van der Waals surface area contributed by atoms with Crippen molar-refractivity contribution in [3.05, 3.63) is 42.4 Å². The van der Waals surface area contributed by atoms with Crippen LogP contribution in [0.25, 0.3) is 11.0 Å². The zero-order chi connectivity index (χ0) is 21.1. The molecule has 1 saturated heterocycles. The van der Waals surface area contributed by atoms with Gasteiger partial charge in [0.05, 0.1) is 24.2 Å². The Bertz CT molecular complexity index is 1080. The van der Waals surface area contributed by atoms with Gasteiger partial charge in [-0.3, -0.25) is 0 Å². The van der Waals surface area contributed by atoms with Crippen LogP contribution in [0.3, 0.4) is 0 Å². The van der Waals surface area contributed by atoms with Crippen LogP contribution in [-0.4, -0.2) is 45.1 Å². The van der Waals surface area contributed by atoms with Crippen LogP contribution in [0.2, 0.25) is 0 Å². The van der Waals surface area contributed by atoms with Crippen LogP contribution in [-0.2, 0) is 4.74 Å². The molecule has 156 valence electrons. The molecule has 2 N–H and O–H groups in total. The first-order valence-electron chi connectivity index (χ1n) is 9.86. The Morgan fingerprint density at radius 1 is 1.37 bits per heavy atom. The average molecular weight is 425 g/mol. The summed E-state index contributed by atoms with van der Waals surface area (Å²) in [6.45, 7) is 3.77. The van der Waals surface area contributed by atoms with E-state index in [1.54, 1.807) is 19.1 Å². The lowest BCUT2D eigenvalue weighted by molar-refractivity contribution is -0.00129. The summed E-state index contributed by atoms with van der Waals surface area (Å²) in [5, 5.41) is 10.2. The molecule has 30 heavy (non-hydrogen) atoms. The van der Waals surface area contributed by atoms with E-state index < -0.39 is 0 Å². The first-order chi connectivity index (χ1) is 14.6. The van der Waals surface area contributed by atoms with Crippen molar-refractivity contribution in [1.82, 2.24) is 18.8 Å². The van der Waals surface area contributed by atoms with Crippen LogP contribution in [0.1, 0.15) is 31.6 Å². The summed E-state index contributed by atoms with van der Waals surface area (Å²) in [5.41, 5.74) is 7.29. The van der Waals surface area contributed by atoms with Gasteiger partial charge >= 0.3 is 0 Å². The van der Waals surface area contributed by atoms with E-state index in [4.69, 9.17) is 15.2 Å². The van der Waals surface area contributed by atoms with Gasteiger partial charge in [0.25, 0.3) is 0 Å². The maximum atomic E-state index is 9.32. The molecule has 3 heterocycles. The number of rotatable bonds is 7. The molecule has 1 fully saturated rings. The van der Waals surface area contributed by atoms with Gasteiger partial charge in [0.15, 0.2) is 0 Å². The molecule has 0 bridgehead atoms. The number of likely N-dealkylation sites (N-methyl/N-ethyl adjacent to an activating group) is 1. The quantitative estimate of drug-likeness (QED) is 0.574. The summed E-state index contributed by atoms with van der Waals surface area (Å²) in [6.07, 6.45) is 5.40. The Kier molecular flexibility index (Phi) is 6.08. The van der Waals surface area contributed by atoms with E-state index in [2.05, 4.69) is 27.3 Å². The van der Waals surface area contributed by atoms with Gasteiger partial charge in [-0.1, -0.05) is 6.92 Å². The van der Waals surface area contributed by atoms with Crippen LogP contribution in [0, 0.1) is 11.3 Å². The van der Waals surface area contributed by atoms with Gasteiger partial charge < -0.3 is 19.8 Å². The SMILES string of the molecule is CCN(CC1CCC(n2ccc3c(N)ncnc32)O1)Sc1ccc(OC)c(C#N)c1. The van der Waals surface area contributed by atoms with E-state index in [1.807, 2.05) is 35.0 Å². The molecule has 0 spiro atoms. The number of ether oxygens (including phenoxy) is 2. The maximum absolute atomic E-state index is 9.32. The fraction of sp³-hybridized carbons (Fsp3) is 0.381. The lowest BCUT2D eigenvalue weighted by atomic mass is 10.2. The zero-order valence-corrected chi connectivity index (χ0v) is 17.8. The van der Waals surface area contributed by atoms with E-state index in [9.17, 15) is 5.26 Å². The zero-order valence-electron chi connectivity index (χ0n) is 17.0. The van der Waals surface area contributed by atoms with Crippen molar-refractivity contribution in [2.75, 3.05) is 25.9 Å². The Morgan fingerprint density at radius 3 is 3.00 bits per heavy atom. The first-order valence-corrected chi connectivity index (χ1v) is 10.6. The van der Waals surface area contributed by atoms with Gasteiger partial charge in [-0.25, -0.2) is 14.3 Å². The highest BCUT2D eigenvalue weighted by Crippen LogP contribution is 2.34. The number of aromatic nitrogens is 3. The molecule has 0 aliphatic carbocycles. The molecule has 2 atom stereocenters. The summed E-state index contributed by atoms with van der Waals surface area (Å²) >= 11 is 1.63. The van der Waals surface area contributed by atoms with Crippen molar-refractivity contribution in [2.24, 2.45) is 0 Å². The molecule has 4 rings (SSSR count). The molecular formula is C21H24N6O2S. The number of anilines is 1. The van der Waals surface area contributed by atoms with E-state index in [0.29, 0.717) is 17.1 Å². The summed E-state index contributed by atoms with van der Waals surface area (Å²) in [4.78, 5) is 9.43. The minimum Gasteiger partial charge on any atom is -0.495 e. The predicted molar refractivity (Wildman–Crippen MR) is 116 cm³/mol. The molecule has 8 nitrogen and oxygen atoms in total. The van der Waals surface area contributed by atoms with Crippen molar-refractivity contribution >= 4 is 28.8 Å². The Hall–Kier alpha value is -2.80. The van der Waals surface area contributed by atoms with Gasteiger partial charge in [-0.2, -0.15) is 5.26 Å². The fourth-order valence-corrected chi connectivity index (χ4v) is 4.65. The number of nitrogens with zero attached hydrogens (tertiary/aromatic N) is 5. The van der Waals surface area contributed by atoms with Crippen molar-refractivity contribution in [3.8, 4) is 11.8 Å². The van der Waals surface area contributed by atoms with Gasteiger partial charge in [0, 0.05) is 24.2 Å². The van der Waals surface area contributed by atoms with Crippen LogP contribution in [0.4, 0.5) is 5.82 Å². The molecule has 2 unspecified atom stereocenters. The van der Waals surface area contributed by atoms with Crippen LogP contribution in [0.15, 0.2) is 41.7 Å². The second kappa shape index (κ2) is 8.92. The molecule has 1 aliphatic heterocycles. The summed E-state index contributed by atoms with van der Waals surface area (Å²) in [6, 6.07) is 9.79. The third kappa shape index (κ3) is 4.07. The van der Waals surface area contributed by atoms with E-state index in [0.717, 1.165) is 41.9 Å². The topological polar surface area (TPSA) is 102 Å². The molecule has 3 aromatic rings. The smallest absolute Gasteiger partial charge is 0.147 e. The number of methoxy groups -OCH3 is 1. The lowest BCUT2D eigenvalue weighted by Gasteiger charge is -2.23. The largest absolute Gasteiger partial charge is 0.495 e. The molecule has 0 saturated carbocycles. The van der Waals surface area contributed by atoms with E-state index in [-0.39, 0.29) is 12.3 Å². The van der Waals surface area contributed by atoms with E-state index in [1.165, 1.54) is 6.33 Å². The van der Waals surface area contributed by atoms with Crippen LogP contribution >= 0.6 is 11.9 Å². The fourth-order valence-electron chi connectivity index (χ4n) is 3.69. The normalized spacial score (nSPS) is 18.7. The monoisotopic (exact) mass is 424 g/mol. The summed E-state index contributed by atoms with van der Waals surface area (Å²) in [7, 11) is 1.57.